The van der Waals surface area contributed by atoms with Crippen molar-refractivity contribution in [3.8, 4) is 28.8 Å². The van der Waals surface area contributed by atoms with Gasteiger partial charge in [0.1, 0.15) is 17.4 Å². The number of methoxy groups -OCH3 is 2. The summed E-state index contributed by atoms with van der Waals surface area (Å²) < 4.78 is 17.4. The maximum absolute atomic E-state index is 12.8. The zero-order valence-electron chi connectivity index (χ0n) is 18.2. The number of quaternary nitrogens is 1. The van der Waals surface area contributed by atoms with E-state index in [-0.39, 0.29) is 5.56 Å². The standard InChI is InChI=1S/C23H25N3O6/c1-4-32-15-7-5-14(6-8-15)26-22(28)19(21(27)25-23(26)29)20-16-12-18(31-3)17(30-2)11-13(16)9-10-24-20/h5-8,11-12,20,24,28H,4,9-10H2,1-3H3,(H,25,27,29)/p+1/t20-/m1/s1. The van der Waals surface area contributed by atoms with E-state index in [0.29, 0.717) is 36.1 Å². The number of aromatic hydroxyl groups is 1. The van der Waals surface area contributed by atoms with Gasteiger partial charge in [-0.1, -0.05) is 0 Å². The van der Waals surface area contributed by atoms with Crippen molar-refractivity contribution in [2.24, 2.45) is 0 Å². The van der Waals surface area contributed by atoms with Gasteiger partial charge < -0.3 is 24.6 Å². The molecule has 9 nitrogen and oxygen atoms in total. The van der Waals surface area contributed by atoms with Gasteiger partial charge in [0.15, 0.2) is 11.5 Å². The summed E-state index contributed by atoms with van der Waals surface area (Å²) in [5.41, 5.74) is 0.991. The fourth-order valence-electron chi connectivity index (χ4n) is 4.17. The number of H-pyrrole nitrogens is 1. The Morgan fingerprint density at radius 3 is 2.47 bits per heavy atom. The number of hydrogen-bond acceptors (Lipinski definition) is 6. The number of hydrogen-bond donors (Lipinski definition) is 3. The van der Waals surface area contributed by atoms with E-state index >= 15 is 0 Å². The molecule has 0 saturated carbocycles. The molecule has 4 N–H and O–H groups in total. The molecule has 0 bridgehead atoms. The fraction of sp³-hybridized carbons (Fsp3) is 0.304. The molecule has 0 aliphatic carbocycles. The monoisotopic (exact) mass is 440 g/mol. The van der Waals surface area contributed by atoms with Crippen LogP contribution in [0.2, 0.25) is 0 Å². The Morgan fingerprint density at radius 1 is 1.12 bits per heavy atom. The molecule has 1 aliphatic rings. The highest BCUT2D eigenvalue weighted by atomic mass is 16.5. The van der Waals surface area contributed by atoms with Crippen molar-refractivity contribution >= 4 is 0 Å². The maximum atomic E-state index is 12.8. The smallest absolute Gasteiger partial charge is 0.335 e. The molecule has 9 heteroatoms. The van der Waals surface area contributed by atoms with Gasteiger partial charge in [-0.05, 0) is 48.9 Å². The zero-order valence-corrected chi connectivity index (χ0v) is 18.2. The van der Waals surface area contributed by atoms with Gasteiger partial charge in [-0.15, -0.1) is 0 Å². The van der Waals surface area contributed by atoms with Crippen LogP contribution in [0.25, 0.3) is 5.69 Å². The number of nitrogens with one attached hydrogen (secondary N) is 1. The highest BCUT2D eigenvalue weighted by Crippen LogP contribution is 2.36. The van der Waals surface area contributed by atoms with Gasteiger partial charge in [0.2, 0.25) is 5.88 Å². The first-order valence-electron chi connectivity index (χ1n) is 10.4. The molecule has 0 amide bonds. The minimum absolute atomic E-state index is 0.103. The summed E-state index contributed by atoms with van der Waals surface area (Å²) in [5.74, 6) is 1.38. The lowest BCUT2D eigenvalue weighted by molar-refractivity contribution is -0.690. The van der Waals surface area contributed by atoms with Gasteiger partial charge in [-0.2, -0.15) is 0 Å². The molecule has 2 aromatic carbocycles. The van der Waals surface area contributed by atoms with Gasteiger partial charge in [-0.3, -0.25) is 9.78 Å². The molecule has 1 aliphatic heterocycles. The van der Waals surface area contributed by atoms with Crippen LogP contribution in [-0.2, 0) is 6.42 Å². The van der Waals surface area contributed by atoms with Crippen molar-refractivity contribution in [3.05, 3.63) is 73.9 Å². The quantitative estimate of drug-likeness (QED) is 0.523. The molecular weight excluding hydrogens is 414 g/mol. The van der Waals surface area contributed by atoms with E-state index in [4.69, 9.17) is 14.2 Å². The Morgan fingerprint density at radius 2 is 1.81 bits per heavy atom. The molecule has 1 aromatic heterocycles. The highest BCUT2D eigenvalue weighted by molar-refractivity contribution is 5.52. The molecule has 0 spiro atoms. The first kappa shape index (κ1) is 21.5. The number of aromatic amines is 1. The Labute approximate surface area is 184 Å². The van der Waals surface area contributed by atoms with Crippen LogP contribution in [0.5, 0.6) is 23.1 Å². The molecule has 0 unspecified atom stereocenters. The number of benzene rings is 2. The van der Waals surface area contributed by atoms with E-state index in [1.807, 2.05) is 24.4 Å². The molecule has 0 radical (unpaired) electrons. The van der Waals surface area contributed by atoms with Gasteiger partial charge in [0.05, 0.1) is 33.1 Å². The summed E-state index contributed by atoms with van der Waals surface area (Å²) in [6.45, 7) is 3.09. The van der Waals surface area contributed by atoms with E-state index in [2.05, 4.69) is 4.98 Å². The van der Waals surface area contributed by atoms with Gasteiger partial charge in [0.25, 0.3) is 5.56 Å². The minimum atomic E-state index is -0.719. The van der Waals surface area contributed by atoms with Crippen LogP contribution in [-0.4, -0.2) is 42.0 Å². The lowest BCUT2D eigenvalue weighted by Gasteiger charge is -2.26. The molecule has 0 saturated heterocycles. The Bertz CT molecular complexity index is 1250. The molecule has 1 atom stereocenters. The van der Waals surface area contributed by atoms with E-state index in [0.717, 1.165) is 22.1 Å². The Balaban J connectivity index is 1.87. The van der Waals surface area contributed by atoms with Crippen LogP contribution < -0.4 is 30.8 Å². The third kappa shape index (κ3) is 3.71. The van der Waals surface area contributed by atoms with Gasteiger partial charge in [-0.25, -0.2) is 9.36 Å². The van der Waals surface area contributed by atoms with Crippen LogP contribution in [0, 0.1) is 0 Å². The average Bonchev–Trinajstić information content (AvgIpc) is 2.79. The lowest BCUT2D eigenvalue weighted by atomic mass is 9.90. The van der Waals surface area contributed by atoms with E-state index in [1.165, 1.54) is 0 Å². The second kappa shape index (κ2) is 8.80. The summed E-state index contributed by atoms with van der Waals surface area (Å²) >= 11 is 0. The summed E-state index contributed by atoms with van der Waals surface area (Å²) in [6, 6.07) is 9.91. The topological polar surface area (TPSA) is 119 Å². The molecular formula is C23H26N3O6+. The van der Waals surface area contributed by atoms with Crippen molar-refractivity contribution in [2.45, 2.75) is 19.4 Å². The summed E-state index contributed by atoms with van der Waals surface area (Å²) in [5, 5.41) is 13.1. The first-order chi connectivity index (χ1) is 15.5. The lowest BCUT2D eigenvalue weighted by Crippen LogP contribution is -2.87. The fourth-order valence-corrected chi connectivity index (χ4v) is 4.17. The molecule has 2 heterocycles. The van der Waals surface area contributed by atoms with Gasteiger partial charge >= 0.3 is 5.69 Å². The predicted octanol–water partition coefficient (Wildman–Crippen LogP) is 0.856. The summed E-state index contributed by atoms with van der Waals surface area (Å²) in [7, 11) is 3.11. The van der Waals surface area contributed by atoms with Crippen molar-refractivity contribution in [2.75, 3.05) is 27.4 Å². The van der Waals surface area contributed by atoms with E-state index in [9.17, 15) is 14.7 Å². The molecule has 32 heavy (non-hydrogen) atoms. The number of nitrogens with two attached hydrogens (primary N) is 1. The average molecular weight is 440 g/mol. The molecule has 3 aromatic rings. The number of aromatic nitrogens is 2. The number of fused-ring (bicyclic) bond motifs is 1. The first-order valence-corrected chi connectivity index (χ1v) is 10.4. The maximum Gasteiger partial charge on any atom is 0.335 e. The zero-order chi connectivity index (χ0) is 22.8. The van der Waals surface area contributed by atoms with Crippen molar-refractivity contribution in [1.82, 2.24) is 9.55 Å². The van der Waals surface area contributed by atoms with E-state index < -0.39 is 23.2 Å². The Kier molecular flexibility index (Phi) is 5.91. The SMILES string of the molecule is CCOc1ccc(-n2c(O)c([C@@H]3[NH2+]CCc4cc(OC)c(OC)cc43)c(=O)[nH]c2=O)cc1. The van der Waals surface area contributed by atoms with Crippen LogP contribution in [0.4, 0.5) is 0 Å². The second-order valence-corrected chi connectivity index (χ2v) is 7.42. The molecule has 0 fully saturated rings. The number of nitrogens with zero attached hydrogens (tertiary/aromatic N) is 1. The normalized spacial score (nSPS) is 15.2. The third-order valence-electron chi connectivity index (χ3n) is 5.63. The number of ether oxygens (including phenoxy) is 3. The van der Waals surface area contributed by atoms with Gasteiger partial charge in [0, 0.05) is 12.0 Å². The van der Waals surface area contributed by atoms with Crippen molar-refractivity contribution in [3.63, 3.8) is 0 Å². The molecule has 168 valence electrons. The van der Waals surface area contributed by atoms with Crippen LogP contribution in [0.1, 0.15) is 29.7 Å². The molecule has 4 rings (SSSR count). The largest absolute Gasteiger partial charge is 0.494 e. The summed E-state index contributed by atoms with van der Waals surface area (Å²) in [6.07, 6.45) is 0.767. The van der Waals surface area contributed by atoms with Crippen LogP contribution in [0.15, 0.2) is 46.0 Å². The predicted molar refractivity (Wildman–Crippen MR) is 117 cm³/mol. The van der Waals surface area contributed by atoms with E-state index in [1.54, 1.807) is 38.5 Å². The van der Waals surface area contributed by atoms with Crippen LogP contribution in [0.3, 0.4) is 0 Å². The minimum Gasteiger partial charge on any atom is -0.494 e. The second-order valence-electron chi connectivity index (χ2n) is 7.42. The summed E-state index contributed by atoms with van der Waals surface area (Å²) in [4.78, 5) is 27.8. The number of rotatable bonds is 6. The Hall–Kier alpha value is -3.72. The van der Waals surface area contributed by atoms with Crippen molar-refractivity contribution < 1.29 is 24.6 Å². The van der Waals surface area contributed by atoms with Crippen LogP contribution >= 0.6 is 0 Å². The third-order valence-corrected chi connectivity index (χ3v) is 5.63. The van der Waals surface area contributed by atoms with Crippen molar-refractivity contribution in [1.29, 1.82) is 0 Å². The highest BCUT2D eigenvalue weighted by Gasteiger charge is 2.33.